The van der Waals surface area contributed by atoms with Crippen molar-refractivity contribution in [1.29, 1.82) is 0 Å². The van der Waals surface area contributed by atoms with E-state index in [1.165, 1.54) is 11.1 Å². The highest BCUT2D eigenvalue weighted by Gasteiger charge is 2.09. The molecule has 0 aliphatic heterocycles. The van der Waals surface area contributed by atoms with Gasteiger partial charge in [-0.25, -0.2) is 4.98 Å². The molecule has 112 valence electrons. The second-order valence-corrected chi connectivity index (χ2v) is 5.79. The highest BCUT2D eigenvalue weighted by molar-refractivity contribution is 5.39. The average Bonchev–Trinajstić information content (AvgIpc) is 2.43. The molecule has 2 aromatic rings. The predicted molar refractivity (Wildman–Crippen MR) is 87.1 cm³/mol. The molecule has 0 bridgehead atoms. The first-order valence-corrected chi connectivity index (χ1v) is 7.40. The molecule has 1 aromatic carbocycles. The highest BCUT2D eigenvalue weighted by atomic mass is 16.5. The van der Waals surface area contributed by atoms with Crippen LogP contribution in [-0.4, -0.2) is 12.0 Å². The van der Waals surface area contributed by atoms with Gasteiger partial charge in [-0.15, -0.1) is 0 Å². The Hall–Kier alpha value is -1.87. The Morgan fingerprint density at radius 1 is 1.14 bits per heavy atom. The average molecular weight is 284 g/mol. The molecule has 2 rings (SSSR count). The minimum Gasteiger partial charge on any atom is -0.439 e. The molecule has 3 nitrogen and oxygen atoms in total. The zero-order valence-corrected chi connectivity index (χ0v) is 13.5. The number of hydrogen-bond donors (Lipinski definition) is 1. The zero-order valence-electron chi connectivity index (χ0n) is 13.5. The Morgan fingerprint density at radius 2 is 1.90 bits per heavy atom. The highest BCUT2D eigenvalue weighted by Crippen LogP contribution is 2.27. The molecule has 0 fully saturated rings. The van der Waals surface area contributed by atoms with Gasteiger partial charge in [0.2, 0.25) is 5.88 Å². The molecule has 1 heterocycles. The molecule has 0 unspecified atom stereocenters. The SMILES string of the molecule is CNCc1cc(Oc2cc(C)ccc2C)nc(C(C)C)c1. The Morgan fingerprint density at radius 3 is 2.57 bits per heavy atom. The smallest absolute Gasteiger partial charge is 0.219 e. The molecule has 0 aliphatic carbocycles. The summed E-state index contributed by atoms with van der Waals surface area (Å²) in [5, 5.41) is 3.18. The van der Waals surface area contributed by atoms with Crippen LogP contribution in [0.5, 0.6) is 11.6 Å². The Kier molecular flexibility index (Phi) is 4.97. The van der Waals surface area contributed by atoms with E-state index in [0.717, 1.165) is 23.6 Å². The van der Waals surface area contributed by atoms with Crippen molar-refractivity contribution in [3.05, 3.63) is 52.7 Å². The largest absolute Gasteiger partial charge is 0.439 e. The Balaban J connectivity index is 2.36. The molecule has 0 aliphatic rings. The zero-order chi connectivity index (χ0) is 15.4. The molecular formula is C18H24N2O. The first-order valence-electron chi connectivity index (χ1n) is 7.40. The number of benzene rings is 1. The molecule has 3 heteroatoms. The second kappa shape index (κ2) is 6.72. The molecule has 0 spiro atoms. The minimum absolute atomic E-state index is 0.378. The third kappa shape index (κ3) is 4.05. The molecule has 21 heavy (non-hydrogen) atoms. The van der Waals surface area contributed by atoms with Gasteiger partial charge in [-0.05, 0) is 55.6 Å². The molecule has 0 saturated carbocycles. The lowest BCUT2D eigenvalue weighted by atomic mass is 10.1. The van der Waals surface area contributed by atoms with E-state index in [4.69, 9.17) is 4.74 Å². The van der Waals surface area contributed by atoms with Crippen LogP contribution in [0.1, 0.15) is 42.1 Å². The number of ether oxygens (including phenoxy) is 1. The standard InChI is InChI=1S/C18H24N2O/c1-12(2)16-9-15(11-19-5)10-18(20-16)21-17-8-13(3)6-7-14(17)4/h6-10,12,19H,11H2,1-5H3. The quantitative estimate of drug-likeness (QED) is 0.887. The Bertz CT molecular complexity index is 621. The summed E-state index contributed by atoms with van der Waals surface area (Å²) in [5.41, 5.74) is 4.55. The molecular weight excluding hydrogens is 260 g/mol. The molecule has 0 saturated heterocycles. The number of nitrogens with one attached hydrogen (secondary N) is 1. The minimum atomic E-state index is 0.378. The third-order valence-corrected chi connectivity index (χ3v) is 3.41. The van der Waals surface area contributed by atoms with E-state index in [1.54, 1.807) is 0 Å². The molecule has 0 atom stereocenters. The fraction of sp³-hybridized carbons (Fsp3) is 0.389. The molecule has 1 N–H and O–H groups in total. The van der Waals surface area contributed by atoms with E-state index in [1.807, 2.05) is 13.1 Å². The summed E-state index contributed by atoms with van der Waals surface area (Å²) in [5.74, 6) is 1.92. The van der Waals surface area contributed by atoms with Gasteiger partial charge in [-0.1, -0.05) is 26.0 Å². The number of rotatable bonds is 5. The summed E-state index contributed by atoms with van der Waals surface area (Å²) in [7, 11) is 1.95. The number of hydrogen-bond acceptors (Lipinski definition) is 3. The van der Waals surface area contributed by atoms with Crippen molar-refractivity contribution in [2.24, 2.45) is 0 Å². The van der Waals surface area contributed by atoms with Gasteiger partial charge in [0.05, 0.1) is 0 Å². The number of aromatic nitrogens is 1. The van der Waals surface area contributed by atoms with Crippen LogP contribution in [0.4, 0.5) is 0 Å². The van der Waals surface area contributed by atoms with E-state index < -0.39 is 0 Å². The van der Waals surface area contributed by atoms with Gasteiger partial charge in [-0.3, -0.25) is 0 Å². The summed E-state index contributed by atoms with van der Waals surface area (Å²) >= 11 is 0. The fourth-order valence-corrected chi connectivity index (χ4v) is 2.17. The van der Waals surface area contributed by atoms with Crippen LogP contribution in [0, 0.1) is 13.8 Å². The van der Waals surface area contributed by atoms with Gasteiger partial charge in [0.15, 0.2) is 0 Å². The van der Waals surface area contributed by atoms with Crippen molar-refractivity contribution in [3.8, 4) is 11.6 Å². The number of pyridine rings is 1. The third-order valence-electron chi connectivity index (χ3n) is 3.41. The summed E-state index contributed by atoms with van der Waals surface area (Å²) in [4.78, 5) is 4.63. The first-order chi connectivity index (χ1) is 9.99. The van der Waals surface area contributed by atoms with Crippen molar-refractivity contribution < 1.29 is 4.74 Å². The van der Waals surface area contributed by atoms with Crippen LogP contribution >= 0.6 is 0 Å². The van der Waals surface area contributed by atoms with Gasteiger partial charge in [0.25, 0.3) is 0 Å². The van der Waals surface area contributed by atoms with Gasteiger partial charge in [0, 0.05) is 18.3 Å². The maximum Gasteiger partial charge on any atom is 0.219 e. The van der Waals surface area contributed by atoms with E-state index in [-0.39, 0.29) is 0 Å². The summed E-state index contributed by atoms with van der Waals surface area (Å²) in [6, 6.07) is 10.4. The van der Waals surface area contributed by atoms with E-state index in [2.05, 4.69) is 62.3 Å². The van der Waals surface area contributed by atoms with Crippen molar-refractivity contribution in [2.75, 3.05) is 7.05 Å². The first kappa shape index (κ1) is 15.5. The Labute approximate surface area is 127 Å². The van der Waals surface area contributed by atoms with Crippen molar-refractivity contribution in [3.63, 3.8) is 0 Å². The molecule has 0 radical (unpaired) electrons. The fourth-order valence-electron chi connectivity index (χ4n) is 2.17. The van der Waals surface area contributed by atoms with E-state index in [9.17, 15) is 0 Å². The van der Waals surface area contributed by atoms with Gasteiger partial charge < -0.3 is 10.1 Å². The summed E-state index contributed by atoms with van der Waals surface area (Å²) in [6.45, 7) is 9.22. The van der Waals surface area contributed by atoms with Crippen LogP contribution in [0.2, 0.25) is 0 Å². The second-order valence-electron chi connectivity index (χ2n) is 5.79. The monoisotopic (exact) mass is 284 g/mol. The maximum absolute atomic E-state index is 6.03. The van der Waals surface area contributed by atoms with Crippen LogP contribution < -0.4 is 10.1 Å². The predicted octanol–water partition coefficient (Wildman–Crippen LogP) is 4.33. The molecule has 0 amide bonds. The lowest BCUT2D eigenvalue weighted by Gasteiger charge is -2.13. The van der Waals surface area contributed by atoms with E-state index in [0.29, 0.717) is 11.8 Å². The van der Waals surface area contributed by atoms with Crippen LogP contribution in [-0.2, 0) is 6.54 Å². The lowest BCUT2D eigenvalue weighted by molar-refractivity contribution is 0.454. The van der Waals surface area contributed by atoms with Crippen molar-refractivity contribution >= 4 is 0 Å². The van der Waals surface area contributed by atoms with Crippen LogP contribution in [0.15, 0.2) is 30.3 Å². The summed E-state index contributed by atoms with van der Waals surface area (Å²) in [6.07, 6.45) is 0. The molecule has 1 aromatic heterocycles. The van der Waals surface area contributed by atoms with Crippen LogP contribution in [0.25, 0.3) is 0 Å². The topological polar surface area (TPSA) is 34.1 Å². The summed E-state index contributed by atoms with van der Waals surface area (Å²) < 4.78 is 6.03. The van der Waals surface area contributed by atoms with E-state index >= 15 is 0 Å². The van der Waals surface area contributed by atoms with Crippen molar-refractivity contribution in [1.82, 2.24) is 10.3 Å². The van der Waals surface area contributed by atoms with Crippen LogP contribution in [0.3, 0.4) is 0 Å². The maximum atomic E-state index is 6.03. The number of nitrogens with zero attached hydrogens (tertiary/aromatic N) is 1. The van der Waals surface area contributed by atoms with Gasteiger partial charge in [0.1, 0.15) is 5.75 Å². The normalized spacial score (nSPS) is 11.0. The lowest BCUT2D eigenvalue weighted by Crippen LogP contribution is -2.07. The number of aryl methyl sites for hydroxylation is 2. The van der Waals surface area contributed by atoms with Gasteiger partial charge in [-0.2, -0.15) is 0 Å². The van der Waals surface area contributed by atoms with Gasteiger partial charge >= 0.3 is 0 Å². The van der Waals surface area contributed by atoms with Crippen molar-refractivity contribution in [2.45, 2.75) is 40.2 Å².